The van der Waals surface area contributed by atoms with Gasteiger partial charge in [0.1, 0.15) is 0 Å². The summed E-state index contributed by atoms with van der Waals surface area (Å²) in [4.78, 5) is 26.2. The average Bonchev–Trinajstić information content (AvgIpc) is 2.54. The number of imide groups is 1. The van der Waals surface area contributed by atoms with Gasteiger partial charge in [-0.15, -0.1) is 0 Å². The first-order valence-corrected chi connectivity index (χ1v) is 8.74. The maximum atomic E-state index is 12.3. The first-order valence-electron chi connectivity index (χ1n) is 8.74. The highest BCUT2D eigenvalue weighted by Crippen LogP contribution is 2.09. The Balaban J connectivity index is 2.01. The van der Waals surface area contributed by atoms with Crippen LogP contribution in [0.4, 0.5) is 4.79 Å². The van der Waals surface area contributed by atoms with Gasteiger partial charge < -0.3 is 5.32 Å². The SMILES string of the molecule is CC(C)(C)NC(=O)NC(=O)CN(Cc1ccccc1)Cc1ccccc1. The highest BCUT2D eigenvalue weighted by molar-refractivity contribution is 5.95. The fourth-order valence-corrected chi connectivity index (χ4v) is 2.59. The third-order valence-corrected chi connectivity index (χ3v) is 3.61. The molecule has 0 aliphatic carbocycles. The minimum Gasteiger partial charge on any atom is -0.333 e. The zero-order valence-corrected chi connectivity index (χ0v) is 15.7. The van der Waals surface area contributed by atoms with Crippen molar-refractivity contribution < 1.29 is 9.59 Å². The largest absolute Gasteiger partial charge is 0.333 e. The molecular weight excluding hydrogens is 326 g/mol. The summed E-state index contributed by atoms with van der Waals surface area (Å²) >= 11 is 0. The molecule has 3 amide bonds. The number of hydrogen-bond acceptors (Lipinski definition) is 3. The second-order valence-electron chi connectivity index (χ2n) is 7.37. The van der Waals surface area contributed by atoms with Crippen molar-refractivity contribution in [3.8, 4) is 0 Å². The molecule has 0 radical (unpaired) electrons. The van der Waals surface area contributed by atoms with Crippen molar-refractivity contribution in [1.82, 2.24) is 15.5 Å². The van der Waals surface area contributed by atoms with E-state index in [1.165, 1.54) is 0 Å². The van der Waals surface area contributed by atoms with Gasteiger partial charge in [-0.1, -0.05) is 60.7 Å². The smallest absolute Gasteiger partial charge is 0.321 e. The molecule has 0 saturated carbocycles. The van der Waals surface area contributed by atoms with E-state index in [1.807, 2.05) is 86.3 Å². The minimum absolute atomic E-state index is 0.140. The number of urea groups is 1. The summed E-state index contributed by atoms with van der Waals surface area (Å²) in [5, 5.41) is 5.14. The predicted octanol–water partition coefficient (Wildman–Crippen LogP) is 3.31. The second kappa shape index (κ2) is 9.15. The lowest BCUT2D eigenvalue weighted by atomic mass is 10.1. The molecule has 0 unspecified atom stereocenters. The number of benzene rings is 2. The number of rotatable bonds is 6. The van der Waals surface area contributed by atoms with Crippen molar-refractivity contribution in [2.75, 3.05) is 6.54 Å². The molecule has 2 N–H and O–H groups in total. The van der Waals surface area contributed by atoms with Crippen molar-refractivity contribution in [2.24, 2.45) is 0 Å². The highest BCUT2D eigenvalue weighted by atomic mass is 16.2. The number of nitrogens with one attached hydrogen (secondary N) is 2. The Kier molecular flexibility index (Phi) is 6.92. The summed E-state index contributed by atoms with van der Waals surface area (Å²) in [6.07, 6.45) is 0. The molecule has 0 saturated heterocycles. The highest BCUT2D eigenvalue weighted by Gasteiger charge is 2.18. The zero-order valence-electron chi connectivity index (χ0n) is 15.7. The van der Waals surface area contributed by atoms with E-state index in [1.54, 1.807) is 0 Å². The van der Waals surface area contributed by atoms with E-state index in [0.717, 1.165) is 11.1 Å². The normalized spacial score (nSPS) is 11.2. The third-order valence-electron chi connectivity index (χ3n) is 3.61. The first kappa shape index (κ1) is 19.7. The van der Waals surface area contributed by atoms with E-state index >= 15 is 0 Å². The number of amides is 3. The number of nitrogens with zero attached hydrogens (tertiary/aromatic N) is 1. The molecule has 0 aliphatic heterocycles. The number of carbonyl (C=O) groups is 2. The van der Waals surface area contributed by atoms with E-state index in [4.69, 9.17) is 0 Å². The molecule has 0 aromatic heterocycles. The van der Waals surface area contributed by atoms with Crippen LogP contribution in [0.3, 0.4) is 0 Å². The Morgan fingerprint density at radius 1 is 0.846 bits per heavy atom. The van der Waals surface area contributed by atoms with E-state index in [2.05, 4.69) is 10.6 Å². The Labute approximate surface area is 155 Å². The lowest BCUT2D eigenvalue weighted by Gasteiger charge is -2.23. The molecule has 26 heavy (non-hydrogen) atoms. The fraction of sp³-hybridized carbons (Fsp3) is 0.333. The van der Waals surface area contributed by atoms with Gasteiger partial charge >= 0.3 is 6.03 Å². The maximum absolute atomic E-state index is 12.3. The molecule has 0 aliphatic rings. The lowest BCUT2D eigenvalue weighted by molar-refractivity contribution is -0.121. The number of hydrogen-bond donors (Lipinski definition) is 2. The van der Waals surface area contributed by atoms with E-state index < -0.39 is 11.6 Å². The van der Waals surface area contributed by atoms with Gasteiger partial charge in [0.25, 0.3) is 0 Å². The van der Waals surface area contributed by atoms with Crippen molar-refractivity contribution in [2.45, 2.75) is 39.4 Å². The third kappa shape index (κ3) is 7.49. The molecule has 2 aromatic carbocycles. The quantitative estimate of drug-likeness (QED) is 0.837. The lowest BCUT2D eigenvalue weighted by Crippen LogP contribution is -2.50. The van der Waals surface area contributed by atoms with Crippen LogP contribution in [0.25, 0.3) is 0 Å². The minimum atomic E-state index is -0.470. The average molecular weight is 353 g/mol. The molecule has 0 spiro atoms. The van der Waals surface area contributed by atoms with Crippen LogP contribution in [0, 0.1) is 0 Å². The van der Waals surface area contributed by atoms with Crippen LogP contribution in [-0.4, -0.2) is 28.9 Å². The molecule has 0 atom stereocenters. The van der Waals surface area contributed by atoms with Crippen molar-refractivity contribution in [1.29, 1.82) is 0 Å². The van der Waals surface area contributed by atoms with Crippen molar-refractivity contribution >= 4 is 11.9 Å². The second-order valence-corrected chi connectivity index (χ2v) is 7.37. The van der Waals surface area contributed by atoms with Crippen molar-refractivity contribution in [3.63, 3.8) is 0 Å². The molecule has 138 valence electrons. The van der Waals surface area contributed by atoms with Crippen LogP contribution < -0.4 is 10.6 Å². The van der Waals surface area contributed by atoms with Gasteiger partial charge in [-0.25, -0.2) is 4.79 Å². The van der Waals surface area contributed by atoms with E-state index in [9.17, 15) is 9.59 Å². The van der Waals surface area contributed by atoms with Crippen LogP contribution in [0.5, 0.6) is 0 Å². The summed E-state index contributed by atoms with van der Waals surface area (Å²) < 4.78 is 0. The van der Waals surface area contributed by atoms with Gasteiger partial charge in [0.05, 0.1) is 6.54 Å². The molecular formula is C21H27N3O2. The topological polar surface area (TPSA) is 61.4 Å². The molecule has 5 nitrogen and oxygen atoms in total. The summed E-state index contributed by atoms with van der Waals surface area (Å²) in [5.41, 5.74) is 1.85. The Hall–Kier alpha value is -2.66. The van der Waals surface area contributed by atoms with Crippen LogP contribution in [0.2, 0.25) is 0 Å². The Bertz CT molecular complexity index is 668. The Morgan fingerprint density at radius 2 is 1.31 bits per heavy atom. The molecule has 0 bridgehead atoms. The monoisotopic (exact) mass is 353 g/mol. The summed E-state index contributed by atoms with van der Waals surface area (Å²) in [7, 11) is 0. The Morgan fingerprint density at radius 3 is 1.73 bits per heavy atom. The molecule has 2 rings (SSSR count). The standard InChI is InChI=1S/C21H27N3O2/c1-21(2,3)23-20(26)22-19(25)16-24(14-17-10-6-4-7-11-17)15-18-12-8-5-9-13-18/h4-13H,14-16H2,1-3H3,(H2,22,23,25,26). The molecule has 0 heterocycles. The van der Waals surface area contributed by atoms with Gasteiger partial charge in [-0.3, -0.25) is 15.0 Å². The van der Waals surface area contributed by atoms with Crippen molar-refractivity contribution in [3.05, 3.63) is 71.8 Å². The van der Waals surface area contributed by atoms with Crippen LogP contribution >= 0.6 is 0 Å². The van der Waals surface area contributed by atoms with Crippen LogP contribution in [0.1, 0.15) is 31.9 Å². The van der Waals surface area contributed by atoms with Crippen LogP contribution in [0.15, 0.2) is 60.7 Å². The van der Waals surface area contributed by atoms with E-state index in [-0.39, 0.29) is 12.5 Å². The fourth-order valence-electron chi connectivity index (χ4n) is 2.59. The predicted molar refractivity (Wildman–Crippen MR) is 103 cm³/mol. The molecule has 2 aromatic rings. The van der Waals surface area contributed by atoms with Crippen LogP contribution in [-0.2, 0) is 17.9 Å². The van der Waals surface area contributed by atoms with Gasteiger partial charge in [-0.2, -0.15) is 0 Å². The molecule has 0 fully saturated rings. The summed E-state index contributed by atoms with van der Waals surface area (Å²) in [6, 6.07) is 19.5. The van der Waals surface area contributed by atoms with Gasteiger partial charge in [-0.05, 0) is 31.9 Å². The van der Waals surface area contributed by atoms with Gasteiger partial charge in [0.15, 0.2) is 0 Å². The molecule has 5 heteroatoms. The van der Waals surface area contributed by atoms with Gasteiger partial charge in [0.2, 0.25) is 5.91 Å². The zero-order chi connectivity index (χ0) is 19.0. The number of carbonyl (C=O) groups excluding carboxylic acids is 2. The summed E-state index contributed by atoms with van der Waals surface area (Å²) in [5.74, 6) is -0.321. The maximum Gasteiger partial charge on any atom is 0.321 e. The van der Waals surface area contributed by atoms with Gasteiger partial charge in [0, 0.05) is 18.6 Å². The summed E-state index contributed by atoms with van der Waals surface area (Å²) in [6.45, 7) is 7.01. The van der Waals surface area contributed by atoms with E-state index in [0.29, 0.717) is 13.1 Å². The first-order chi connectivity index (χ1) is 12.3.